The maximum Gasteiger partial charge on any atom is 0.311 e. The van der Waals surface area contributed by atoms with Crippen molar-refractivity contribution in [2.24, 2.45) is 5.92 Å². The van der Waals surface area contributed by atoms with Crippen molar-refractivity contribution >= 4 is 11.8 Å². The number of ether oxygens (including phenoxy) is 1. The molecule has 2 aromatic rings. The van der Waals surface area contributed by atoms with Gasteiger partial charge in [-0.25, -0.2) is 0 Å². The average Bonchev–Trinajstić information content (AvgIpc) is 2.87. The topological polar surface area (TPSA) is 61.2 Å². The van der Waals surface area contributed by atoms with Crippen molar-refractivity contribution in [3.8, 4) is 0 Å². The van der Waals surface area contributed by atoms with Gasteiger partial charge >= 0.3 is 5.97 Å². The van der Waals surface area contributed by atoms with Crippen LogP contribution in [0.3, 0.4) is 0 Å². The van der Waals surface area contributed by atoms with Crippen molar-refractivity contribution in [3.05, 3.63) is 52.3 Å². The lowest BCUT2D eigenvalue weighted by molar-refractivity contribution is -0.145. The molecule has 0 aliphatic heterocycles. The molecule has 1 atom stereocenters. The number of benzene rings is 1. The molecule has 0 spiro atoms. The summed E-state index contributed by atoms with van der Waals surface area (Å²) >= 11 is 0. The number of ketones is 1. The molecule has 0 saturated heterocycles. The minimum Gasteiger partial charge on any atom is -0.454 e. The van der Waals surface area contributed by atoms with E-state index in [-0.39, 0.29) is 12.2 Å². The maximum atomic E-state index is 12.5. The molecular weight excluding hydrogens is 340 g/mol. The molecular formula is C22H30N2O3. The van der Waals surface area contributed by atoms with Crippen LogP contribution in [0.2, 0.25) is 0 Å². The number of carbonyl (C=O) groups is 2. The van der Waals surface area contributed by atoms with Gasteiger partial charge in [0.25, 0.3) is 0 Å². The molecule has 5 nitrogen and oxygen atoms in total. The van der Waals surface area contributed by atoms with Crippen LogP contribution in [0, 0.1) is 19.8 Å². The zero-order chi connectivity index (χ0) is 20.1. The number of aryl methyl sites for hydroxylation is 2. The molecule has 0 fully saturated rings. The summed E-state index contributed by atoms with van der Waals surface area (Å²) in [6, 6.07) is 7.43. The molecule has 0 bridgehead atoms. The molecule has 2 rings (SSSR count). The molecule has 0 N–H and O–H groups in total. The molecule has 0 aliphatic carbocycles. The molecule has 5 heteroatoms. The van der Waals surface area contributed by atoms with Crippen molar-refractivity contribution in [3.63, 3.8) is 0 Å². The highest BCUT2D eigenvalue weighted by Crippen LogP contribution is 2.17. The Morgan fingerprint density at radius 1 is 1.11 bits per heavy atom. The van der Waals surface area contributed by atoms with Gasteiger partial charge in [0, 0.05) is 23.4 Å². The highest BCUT2D eigenvalue weighted by molar-refractivity contribution is 6.00. The van der Waals surface area contributed by atoms with Crippen molar-refractivity contribution in [1.82, 2.24) is 9.78 Å². The molecule has 1 aromatic heterocycles. The van der Waals surface area contributed by atoms with Crippen molar-refractivity contribution in [2.75, 3.05) is 0 Å². The second kappa shape index (κ2) is 8.98. The van der Waals surface area contributed by atoms with E-state index in [1.165, 1.54) is 5.56 Å². The molecule has 146 valence electrons. The minimum atomic E-state index is -0.809. The van der Waals surface area contributed by atoms with Crippen LogP contribution in [0.5, 0.6) is 0 Å². The smallest absolute Gasteiger partial charge is 0.311 e. The summed E-state index contributed by atoms with van der Waals surface area (Å²) in [6.07, 6.45) is 0.237. The predicted molar refractivity (Wildman–Crippen MR) is 106 cm³/mol. The third-order valence-corrected chi connectivity index (χ3v) is 4.71. The molecule has 1 aromatic carbocycles. The molecule has 0 amide bonds. The van der Waals surface area contributed by atoms with E-state index in [2.05, 4.69) is 25.9 Å². The Balaban J connectivity index is 2.02. The van der Waals surface area contributed by atoms with Gasteiger partial charge < -0.3 is 4.74 Å². The summed E-state index contributed by atoms with van der Waals surface area (Å²) in [7, 11) is 0. The quantitative estimate of drug-likeness (QED) is 0.519. The van der Waals surface area contributed by atoms with Crippen molar-refractivity contribution in [2.45, 2.75) is 67.0 Å². The Labute approximate surface area is 161 Å². The maximum absolute atomic E-state index is 12.5. The van der Waals surface area contributed by atoms with E-state index in [4.69, 9.17) is 4.74 Å². The number of esters is 1. The van der Waals surface area contributed by atoms with Crippen LogP contribution in [-0.2, 0) is 28.9 Å². The molecule has 27 heavy (non-hydrogen) atoms. The molecule has 0 aliphatic rings. The Morgan fingerprint density at radius 2 is 1.74 bits per heavy atom. The van der Waals surface area contributed by atoms with Crippen LogP contribution in [0.25, 0.3) is 0 Å². The number of hydrogen-bond donors (Lipinski definition) is 0. The van der Waals surface area contributed by atoms with Gasteiger partial charge in [-0.15, -0.1) is 0 Å². The van der Waals surface area contributed by atoms with Gasteiger partial charge in [-0.2, -0.15) is 5.10 Å². The SMILES string of the molecule is CCc1ccc(C(=O)C(C)OC(=O)Cc2c(C)nn(CC(C)C)c2C)cc1. The lowest BCUT2D eigenvalue weighted by Gasteiger charge is -2.13. The van der Waals surface area contributed by atoms with E-state index in [9.17, 15) is 9.59 Å². The summed E-state index contributed by atoms with van der Waals surface area (Å²) in [4.78, 5) is 24.9. The Kier molecular flexibility index (Phi) is 6.94. The standard InChI is InChI=1S/C22H30N2O3/c1-7-18-8-10-19(11-9-18)22(26)17(6)27-21(25)12-20-15(4)23-24(16(20)5)13-14(2)3/h8-11,14,17H,7,12-13H2,1-6H3. The number of rotatable bonds is 8. The highest BCUT2D eigenvalue weighted by Gasteiger charge is 2.22. The van der Waals surface area contributed by atoms with Gasteiger partial charge in [0.2, 0.25) is 5.78 Å². The average molecular weight is 370 g/mol. The third-order valence-electron chi connectivity index (χ3n) is 4.71. The largest absolute Gasteiger partial charge is 0.454 e. The molecule has 1 heterocycles. The van der Waals surface area contributed by atoms with E-state index < -0.39 is 12.1 Å². The van der Waals surface area contributed by atoms with Gasteiger partial charge in [-0.05, 0) is 38.7 Å². The fourth-order valence-electron chi connectivity index (χ4n) is 3.09. The third kappa shape index (κ3) is 5.28. The minimum absolute atomic E-state index is 0.127. The first kappa shape index (κ1) is 20.9. The first-order chi connectivity index (χ1) is 12.7. The fraction of sp³-hybridized carbons (Fsp3) is 0.500. The van der Waals surface area contributed by atoms with E-state index in [1.807, 2.05) is 30.7 Å². The Bertz CT molecular complexity index is 804. The van der Waals surface area contributed by atoms with E-state index in [0.717, 1.165) is 29.9 Å². The summed E-state index contributed by atoms with van der Waals surface area (Å²) in [5, 5.41) is 4.52. The van der Waals surface area contributed by atoms with Crippen LogP contribution >= 0.6 is 0 Å². The normalized spacial score (nSPS) is 12.3. The second-order valence-corrected chi connectivity index (χ2v) is 7.45. The molecule has 0 radical (unpaired) electrons. The second-order valence-electron chi connectivity index (χ2n) is 7.45. The Morgan fingerprint density at radius 3 is 2.30 bits per heavy atom. The summed E-state index contributed by atoms with van der Waals surface area (Å²) < 4.78 is 7.34. The number of hydrogen-bond acceptors (Lipinski definition) is 4. The van der Waals surface area contributed by atoms with Gasteiger partial charge in [-0.1, -0.05) is 45.0 Å². The number of aromatic nitrogens is 2. The highest BCUT2D eigenvalue weighted by atomic mass is 16.5. The summed E-state index contributed by atoms with van der Waals surface area (Å²) in [5.41, 5.74) is 4.42. The zero-order valence-electron chi connectivity index (χ0n) is 17.2. The van der Waals surface area contributed by atoms with E-state index >= 15 is 0 Å². The molecule has 1 unspecified atom stereocenters. The number of nitrogens with zero attached hydrogens (tertiary/aromatic N) is 2. The molecule has 0 saturated carbocycles. The summed E-state index contributed by atoms with van der Waals surface area (Å²) in [5.74, 6) is -0.120. The number of Topliss-reactive ketones (excluding diaryl/α,β-unsaturated/α-hetero) is 1. The number of carbonyl (C=O) groups excluding carboxylic acids is 2. The van der Waals surface area contributed by atoms with Gasteiger partial charge in [0.1, 0.15) is 0 Å². The lowest BCUT2D eigenvalue weighted by Crippen LogP contribution is -2.25. The van der Waals surface area contributed by atoms with Crippen LogP contribution in [0.4, 0.5) is 0 Å². The lowest BCUT2D eigenvalue weighted by atomic mass is 10.0. The first-order valence-corrected chi connectivity index (χ1v) is 9.58. The first-order valence-electron chi connectivity index (χ1n) is 9.58. The van der Waals surface area contributed by atoms with Gasteiger partial charge in [0.05, 0.1) is 12.1 Å². The Hall–Kier alpha value is -2.43. The summed E-state index contributed by atoms with van der Waals surface area (Å²) in [6.45, 7) is 12.6. The monoisotopic (exact) mass is 370 g/mol. The van der Waals surface area contributed by atoms with E-state index in [1.54, 1.807) is 19.1 Å². The van der Waals surface area contributed by atoms with Crippen LogP contribution in [0.1, 0.15) is 60.6 Å². The van der Waals surface area contributed by atoms with E-state index in [0.29, 0.717) is 11.5 Å². The van der Waals surface area contributed by atoms with Gasteiger partial charge in [-0.3, -0.25) is 14.3 Å². The van der Waals surface area contributed by atoms with Crippen LogP contribution in [0.15, 0.2) is 24.3 Å². The predicted octanol–water partition coefficient (Wildman–Crippen LogP) is 4.08. The fourth-order valence-corrected chi connectivity index (χ4v) is 3.09. The van der Waals surface area contributed by atoms with Crippen LogP contribution in [-0.4, -0.2) is 27.6 Å². The van der Waals surface area contributed by atoms with Crippen molar-refractivity contribution < 1.29 is 14.3 Å². The van der Waals surface area contributed by atoms with Crippen LogP contribution < -0.4 is 0 Å². The van der Waals surface area contributed by atoms with Gasteiger partial charge in [0.15, 0.2) is 6.10 Å². The zero-order valence-corrected chi connectivity index (χ0v) is 17.2. The van der Waals surface area contributed by atoms with Crippen molar-refractivity contribution in [1.29, 1.82) is 0 Å².